The van der Waals surface area contributed by atoms with Crippen molar-refractivity contribution in [2.45, 2.75) is 30.7 Å². The molecular formula is C11H17BrN2O2S2. The van der Waals surface area contributed by atoms with E-state index in [1.807, 2.05) is 14.0 Å². The van der Waals surface area contributed by atoms with Crippen LogP contribution in [0.2, 0.25) is 0 Å². The molecule has 1 atom stereocenters. The Morgan fingerprint density at radius 3 is 2.83 bits per heavy atom. The van der Waals surface area contributed by atoms with Gasteiger partial charge < -0.3 is 5.32 Å². The molecule has 1 saturated heterocycles. The third-order valence-electron chi connectivity index (χ3n) is 3.25. The van der Waals surface area contributed by atoms with E-state index in [2.05, 4.69) is 21.2 Å². The Morgan fingerprint density at radius 2 is 2.28 bits per heavy atom. The average Bonchev–Trinajstić information content (AvgIpc) is 2.69. The molecule has 1 N–H and O–H groups in total. The molecule has 1 aliphatic heterocycles. The van der Waals surface area contributed by atoms with Crippen LogP contribution >= 0.6 is 27.3 Å². The molecule has 1 aliphatic rings. The molecule has 1 aromatic heterocycles. The first-order valence-corrected chi connectivity index (χ1v) is 8.93. The lowest BCUT2D eigenvalue weighted by Crippen LogP contribution is -2.46. The van der Waals surface area contributed by atoms with Crippen LogP contribution in [0.3, 0.4) is 0 Å². The van der Waals surface area contributed by atoms with Gasteiger partial charge in [-0.25, -0.2) is 8.42 Å². The number of thiophene rings is 1. The van der Waals surface area contributed by atoms with E-state index in [4.69, 9.17) is 0 Å². The summed E-state index contributed by atoms with van der Waals surface area (Å²) in [5, 5.41) is 3.16. The van der Waals surface area contributed by atoms with Crippen molar-refractivity contribution in [2.75, 3.05) is 20.1 Å². The number of piperidine rings is 1. The molecule has 0 aliphatic carbocycles. The van der Waals surface area contributed by atoms with Crippen molar-refractivity contribution in [3.05, 3.63) is 14.7 Å². The number of nitrogens with one attached hydrogen (secondary N) is 1. The van der Waals surface area contributed by atoms with Gasteiger partial charge in [0.1, 0.15) is 0 Å². The minimum Gasteiger partial charge on any atom is -0.316 e. The fourth-order valence-electron chi connectivity index (χ4n) is 2.22. The monoisotopic (exact) mass is 352 g/mol. The number of nitrogens with zero attached hydrogens (tertiary/aromatic N) is 1. The zero-order valence-electron chi connectivity index (χ0n) is 10.4. The molecule has 0 amide bonds. The third kappa shape index (κ3) is 2.80. The number of aryl methyl sites for hydroxylation is 1. The fraction of sp³-hybridized carbons (Fsp3) is 0.636. The number of hydrogen-bond donors (Lipinski definition) is 1. The van der Waals surface area contributed by atoms with Crippen molar-refractivity contribution in [1.82, 2.24) is 9.62 Å². The highest BCUT2D eigenvalue weighted by atomic mass is 79.9. The lowest BCUT2D eigenvalue weighted by atomic mass is 10.1. The first-order chi connectivity index (χ1) is 8.45. The summed E-state index contributed by atoms with van der Waals surface area (Å²) in [6.45, 7) is 3.03. The van der Waals surface area contributed by atoms with Crippen LogP contribution in [-0.2, 0) is 10.0 Å². The summed E-state index contributed by atoms with van der Waals surface area (Å²) in [4.78, 5) is 1.28. The van der Waals surface area contributed by atoms with Gasteiger partial charge in [-0.2, -0.15) is 4.31 Å². The minimum absolute atomic E-state index is 0.260. The van der Waals surface area contributed by atoms with Crippen molar-refractivity contribution in [3.63, 3.8) is 0 Å². The predicted molar refractivity (Wildman–Crippen MR) is 77.6 cm³/mol. The first-order valence-electron chi connectivity index (χ1n) is 5.88. The summed E-state index contributed by atoms with van der Waals surface area (Å²) < 4.78 is 27.6. The van der Waals surface area contributed by atoms with Gasteiger partial charge in [0.25, 0.3) is 0 Å². The first kappa shape index (κ1) is 14.5. The Labute approximate surface area is 121 Å². The molecule has 0 aromatic carbocycles. The number of halogens is 1. The van der Waals surface area contributed by atoms with E-state index in [0.717, 1.165) is 21.5 Å². The molecule has 1 aromatic rings. The Bertz CT molecular complexity index is 527. The van der Waals surface area contributed by atoms with Gasteiger partial charge in [0.05, 0.1) is 8.68 Å². The highest BCUT2D eigenvalue weighted by Crippen LogP contribution is 2.32. The lowest BCUT2D eigenvalue weighted by Gasteiger charge is -2.31. The van der Waals surface area contributed by atoms with Crippen molar-refractivity contribution >= 4 is 37.3 Å². The average molecular weight is 353 g/mol. The van der Waals surface area contributed by atoms with Crippen LogP contribution in [0.1, 0.15) is 17.7 Å². The molecule has 102 valence electrons. The predicted octanol–water partition coefficient (Wildman–Crippen LogP) is 2.19. The van der Waals surface area contributed by atoms with Crippen molar-refractivity contribution in [2.24, 2.45) is 0 Å². The quantitative estimate of drug-likeness (QED) is 0.906. The molecule has 0 saturated carbocycles. The van der Waals surface area contributed by atoms with Gasteiger partial charge in [0.2, 0.25) is 10.0 Å². The van der Waals surface area contributed by atoms with Crippen LogP contribution in [0, 0.1) is 6.92 Å². The molecule has 0 bridgehead atoms. The van der Waals surface area contributed by atoms with Crippen LogP contribution in [-0.4, -0.2) is 38.9 Å². The van der Waals surface area contributed by atoms with Gasteiger partial charge in [0.15, 0.2) is 0 Å². The number of rotatable bonds is 3. The van der Waals surface area contributed by atoms with E-state index in [-0.39, 0.29) is 6.04 Å². The van der Waals surface area contributed by atoms with E-state index in [1.54, 1.807) is 10.4 Å². The summed E-state index contributed by atoms with van der Waals surface area (Å²) >= 11 is 4.81. The van der Waals surface area contributed by atoms with Gasteiger partial charge in [-0.3, -0.25) is 0 Å². The summed E-state index contributed by atoms with van der Waals surface area (Å²) in [6, 6.07) is 1.97. The van der Waals surface area contributed by atoms with Crippen LogP contribution < -0.4 is 5.32 Å². The molecular weight excluding hydrogens is 336 g/mol. The van der Waals surface area contributed by atoms with Crippen LogP contribution in [0.25, 0.3) is 0 Å². The molecule has 0 spiro atoms. The van der Waals surface area contributed by atoms with Gasteiger partial charge >= 0.3 is 0 Å². The van der Waals surface area contributed by atoms with Gasteiger partial charge in [-0.15, -0.1) is 11.3 Å². The van der Waals surface area contributed by atoms with E-state index in [0.29, 0.717) is 18.0 Å². The van der Waals surface area contributed by atoms with Gasteiger partial charge in [-0.1, -0.05) is 0 Å². The minimum atomic E-state index is -3.34. The maximum absolute atomic E-state index is 12.6. The number of hydrogen-bond acceptors (Lipinski definition) is 4. The van der Waals surface area contributed by atoms with Crippen molar-refractivity contribution < 1.29 is 8.42 Å². The summed E-state index contributed by atoms with van der Waals surface area (Å²) in [5.74, 6) is 0. The third-order valence-corrected chi connectivity index (χ3v) is 6.93. The summed E-state index contributed by atoms with van der Waals surface area (Å²) in [6.07, 6.45) is 1.95. The normalized spacial score (nSPS) is 22.3. The Kier molecular flexibility index (Phi) is 4.48. The Balaban J connectivity index is 2.28. The smallest absolute Gasteiger partial charge is 0.244 e. The van der Waals surface area contributed by atoms with Gasteiger partial charge in [-0.05, 0) is 48.8 Å². The maximum atomic E-state index is 12.6. The zero-order valence-corrected chi connectivity index (χ0v) is 13.7. The molecule has 0 unspecified atom stereocenters. The van der Waals surface area contributed by atoms with Gasteiger partial charge in [0, 0.05) is 24.0 Å². The van der Waals surface area contributed by atoms with Crippen LogP contribution in [0.15, 0.2) is 14.7 Å². The molecule has 7 heteroatoms. The second-order valence-corrected chi connectivity index (χ2v) is 9.00. The molecule has 2 rings (SSSR count). The van der Waals surface area contributed by atoms with E-state index in [9.17, 15) is 8.42 Å². The second kappa shape index (κ2) is 5.58. The number of likely N-dealkylation sites (N-methyl/N-ethyl adjacent to an activating group) is 1. The largest absolute Gasteiger partial charge is 0.316 e. The summed E-state index contributed by atoms with van der Waals surface area (Å²) in [7, 11) is -1.46. The number of sulfonamides is 1. The SMILES string of the molecule is CN[C@@H]1CCCN(S(=O)(=O)c2cc(Br)sc2C)C1. The van der Waals surface area contributed by atoms with E-state index < -0.39 is 10.0 Å². The van der Waals surface area contributed by atoms with Crippen LogP contribution in [0.4, 0.5) is 0 Å². The molecule has 4 nitrogen and oxygen atoms in total. The fourth-order valence-corrected chi connectivity index (χ4v) is 6.13. The molecule has 0 radical (unpaired) electrons. The highest BCUT2D eigenvalue weighted by molar-refractivity contribution is 9.11. The molecule has 2 heterocycles. The Morgan fingerprint density at radius 1 is 1.56 bits per heavy atom. The van der Waals surface area contributed by atoms with E-state index in [1.165, 1.54) is 11.3 Å². The highest BCUT2D eigenvalue weighted by Gasteiger charge is 2.31. The maximum Gasteiger partial charge on any atom is 0.244 e. The van der Waals surface area contributed by atoms with Crippen molar-refractivity contribution in [3.8, 4) is 0 Å². The Hall–Kier alpha value is 0.0500. The van der Waals surface area contributed by atoms with E-state index >= 15 is 0 Å². The van der Waals surface area contributed by atoms with Crippen molar-refractivity contribution in [1.29, 1.82) is 0 Å². The standard InChI is InChI=1S/C11H17BrN2O2S2/c1-8-10(6-11(12)17-8)18(15,16)14-5-3-4-9(7-14)13-2/h6,9,13H,3-5,7H2,1-2H3/t9-/m1/s1. The topological polar surface area (TPSA) is 49.4 Å². The summed E-state index contributed by atoms with van der Waals surface area (Å²) in [5.41, 5.74) is 0. The molecule has 18 heavy (non-hydrogen) atoms. The zero-order chi connectivity index (χ0) is 13.3. The van der Waals surface area contributed by atoms with Crippen LogP contribution in [0.5, 0.6) is 0 Å². The second-order valence-electron chi connectivity index (χ2n) is 4.46. The lowest BCUT2D eigenvalue weighted by molar-refractivity contribution is 0.293. The molecule has 1 fully saturated rings.